The molecule has 2 nitrogen and oxygen atoms in total. The summed E-state index contributed by atoms with van der Waals surface area (Å²) in [5.74, 6) is 1.01. The topological polar surface area (TPSA) is 25.8 Å². The third-order valence-electron chi connectivity index (χ3n) is 1.95. The molecule has 0 N–H and O–H groups in total. The van der Waals surface area contributed by atoms with Crippen LogP contribution in [0.3, 0.4) is 0 Å². The minimum Gasteiger partial charge on any atom is -0.159 e. The van der Waals surface area contributed by atoms with Gasteiger partial charge in [-0.1, -0.05) is 27.7 Å². The average Bonchev–Trinajstić information content (AvgIpc) is 2.04. The minimum absolute atomic E-state index is 0.469. The molecule has 0 saturated heterocycles. The zero-order chi connectivity index (χ0) is 9.14. The van der Waals surface area contributed by atoms with Crippen LogP contribution in [0.4, 0.5) is 0 Å². The van der Waals surface area contributed by atoms with E-state index in [9.17, 15) is 0 Å². The van der Waals surface area contributed by atoms with Crippen LogP contribution in [0.5, 0.6) is 0 Å². The third kappa shape index (κ3) is 1.81. The van der Waals surface area contributed by atoms with Gasteiger partial charge in [-0.25, -0.2) is 0 Å². The van der Waals surface area contributed by atoms with Gasteiger partial charge in [0.2, 0.25) is 0 Å². The van der Waals surface area contributed by atoms with E-state index in [1.165, 1.54) is 5.56 Å². The lowest BCUT2D eigenvalue weighted by atomic mass is 9.96. The van der Waals surface area contributed by atoms with E-state index in [-0.39, 0.29) is 0 Å². The SMILES string of the molecule is CC(C)c1ccnnc1C(C)C. The van der Waals surface area contributed by atoms with Gasteiger partial charge < -0.3 is 0 Å². The molecule has 0 unspecified atom stereocenters. The van der Waals surface area contributed by atoms with Crippen LogP contribution in [0.25, 0.3) is 0 Å². The second kappa shape index (κ2) is 3.65. The molecule has 0 saturated carbocycles. The molecule has 0 fully saturated rings. The number of hydrogen-bond donors (Lipinski definition) is 0. The molecule has 0 aliphatic rings. The summed E-state index contributed by atoms with van der Waals surface area (Å²) in [5, 5.41) is 8.05. The van der Waals surface area contributed by atoms with Gasteiger partial charge in [0, 0.05) is 6.20 Å². The smallest absolute Gasteiger partial charge is 0.0690 e. The van der Waals surface area contributed by atoms with Crippen molar-refractivity contribution >= 4 is 0 Å². The molecule has 0 atom stereocenters. The van der Waals surface area contributed by atoms with Crippen LogP contribution in [0.15, 0.2) is 12.3 Å². The Hall–Kier alpha value is -0.920. The van der Waals surface area contributed by atoms with Crippen molar-refractivity contribution in [3.63, 3.8) is 0 Å². The molecule has 0 bridgehead atoms. The average molecular weight is 164 g/mol. The first-order valence-electron chi connectivity index (χ1n) is 4.44. The Labute approximate surface area is 74.0 Å². The van der Waals surface area contributed by atoms with E-state index in [0.29, 0.717) is 11.8 Å². The summed E-state index contributed by atoms with van der Waals surface area (Å²) in [6.07, 6.45) is 1.77. The molecule has 66 valence electrons. The molecule has 0 aromatic carbocycles. The van der Waals surface area contributed by atoms with Crippen LogP contribution >= 0.6 is 0 Å². The lowest BCUT2D eigenvalue weighted by Gasteiger charge is -2.12. The van der Waals surface area contributed by atoms with Gasteiger partial charge in [0.15, 0.2) is 0 Å². The van der Waals surface area contributed by atoms with Crippen molar-refractivity contribution in [2.24, 2.45) is 0 Å². The fraction of sp³-hybridized carbons (Fsp3) is 0.600. The Morgan fingerprint density at radius 1 is 1.08 bits per heavy atom. The van der Waals surface area contributed by atoms with Gasteiger partial charge in [-0.3, -0.25) is 0 Å². The number of rotatable bonds is 2. The maximum atomic E-state index is 4.15. The number of nitrogens with zero attached hydrogens (tertiary/aromatic N) is 2. The molecule has 0 aliphatic carbocycles. The van der Waals surface area contributed by atoms with E-state index in [4.69, 9.17) is 0 Å². The van der Waals surface area contributed by atoms with Crippen LogP contribution < -0.4 is 0 Å². The van der Waals surface area contributed by atoms with Crippen LogP contribution in [-0.4, -0.2) is 10.2 Å². The molecule has 1 aromatic rings. The highest BCUT2D eigenvalue weighted by atomic mass is 15.1. The lowest BCUT2D eigenvalue weighted by molar-refractivity contribution is 0.729. The van der Waals surface area contributed by atoms with Gasteiger partial charge in [-0.15, -0.1) is 0 Å². The van der Waals surface area contributed by atoms with Crippen molar-refractivity contribution in [2.75, 3.05) is 0 Å². The van der Waals surface area contributed by atoms with Crippen LogP contribution in [0.1, 0.15) is 50.8 Å². The molecule has 12 heavy (non-hydrogen) atoms. The van der Waals surface area contributed by atoms with Crippen molar-refractivity contribution < 1.29 is 0 Å². The van der Waals surface area contributed by atoms with E-state index < -0.39 is 0 Å². The Bertz CT molecular complexity index is 227. The van der Waals surface area contributed by atoms with Crippen LogP contribution in [0.2, 0.25) is 0 Å². The molecular formula is C10H16N2. The van der Waals surface area contributed by atoms with Crippen LogP contribution in [-0.2, 0) is 0 Å². The molecule has 0 radical (unpaired) electrons. The summed E-state index contributed by atoms with van der Waals surface area (Å²) in [6.45, 7) is 8.66. The summed E-state index contributed by atoms with van der Waals surface area (Å²) in [5.41, 5.74) is 2.45. The van der Waals surface area contributed by atoms with Crippen molar-refractivity contribution in [1.82, 2.24) is 10.2 Å². The Morgan fingerprint density at radius 2 is 1.75 bits per heavy atom. The monoisotopic (exact) mass is 164 g/mol. The highest BCUT2D eigenvalue weighted by Crippen LogP contribution is 2.22. The maximum Gasteiger partial charge on any atom is 0.0690 e. The minimum atomic E-state index is 0.469. The zero-order valence-electron chi connectivity index (χ0n) is 8.20. The van der Waals surface area contributed by atoms with Crippen molar-refractivity contribution in [3.05, 3.63) is 23.5 Å². The van der Waals surface area contributed by atoms with Crippen molar-refractivity contribution in [3.8, 4) is 0 Å². The van der Waals surface area contributed by atoms with E-state index >= 15 is 0 Å². The number of aromatic nitrogens is 2. The summed E-state index contributed by atoms with van der Waals surface area (Å²) >= 11 is 0. The highest BCUT2D eigenvalue weighted by Gasteiger charge is 2.10. The first-order chi connectivity index (χ1) is 5.63. The fourth-order valence-electron chi connectivity index (χ4n) is 1.29. The Kier molecular flexibility index (Phi) is 2.79. The van der Waals surface area contributed by atoms with Crippen molar-refractivity contribution in [2.45, 2.75) is 39.5 Å². The standard InChI is InChI=1S/C10H16N2/c1-7(2)9-5-6-11-12-10(9)8(3)4/h5-8H,1-4H3. The summed E-state index contributed by atoms with van der Waals surface area (Å²) in [4.78, 5) is 0. The summed E-state index contributed by atoms with van der Waals surface area (Å²) < 4.78 is 0. The normalized spacial score (nSPS) is 11.2. The molecular weight excluding hydrogens is 148 g/mol. The van der Waals surface area contributed by atoms with Gasteiger partial charge in [0.25, 0.3) is 0 Å². The second-order valence-corrected chi connectivity index (χ2v) is 3.68. The molecule has 1 rings (SSSR count). The third-order valence-corrected chi connectivity index (χ3v) is 1.95. The number of hydrogen-bond acceptors (Lipinski definition) is 2. The van der Waals surface area contributed by atoms with Gasteiger partial charge in [-0.05, 0) is 23.5 Å². The molecule has 0 amide bonds. The summed E-state index contributed by atoms with van der Waals surface area (Å²) in [6, 6.07) is 2.06. The second-order valence-electron chi connectivity index (χ2n) is 3.68. The van der Waals surface area contributed by atoms with Crippen molar-refractivity contribution in [1.29, 1.82) is 0 Å². The molecule has 1 aromatic heterocycles. The predicted octanol–water partition coefficient (Wildman–Crippen LogP) is 2.72. The van der Waals surface area contributed by atoms with E-state index in [2.05, 4.69) is 44.0 Å². The predicted molar refractivity (Wildman–Crippen MR) is 50.2 cm³/mol. The van der Waals surface area contributed by atoms with E-state index in [0.717, 1.165) is 5.69 Å². The quantitative estimate of drug-likeness (QED) is 0.671. The Morgan fingerprint density at radius 3 is 2.17 bits per heavy atom. The van der Waals surface area contributed by atoms with Gasteiger partial charge in [-0.2, -0.15) is 10.2 Å². The van der Waals surface area contributed by atoms with Crippen LogP contribution in [0, 0.1) is 0 Å². The van der Waals surface area contributed by atoms with Gasteiger partial charge >= 0.3 is 0 Å². The maximum absolute atomic E-state index is 4.15. The highest BCUT2D eigenvalue weighted by molar-refractivity contribution is 5.23. The first kappa shape index (κ1) is 9.17. The zero-order valence-corrected chi connectivity index (χ0v) is 8.20. The summed E-state index contributed by atoms with van der Waals surface area (Å²) in [7, 11) is 0. The molecule has 2 heteroatoms. The Balaban J connectivity index is 3.09. The fourth-order valence-corrected chi connectivity index (χ4v) is 1.29. The van der Waals surface area contributed by atoms with Gasteiger partial charge in [0.05, 0.1) is 5.69 Å². The molecule has 0 spiro atoms. The van der Waals surface area contributed by atoms with E-state index in [1.807, 2.05) is 0 Å². The van der Waals surface area contributed by atoms with Gasteiger partial charge in [0.1, 0.15) is 0 Å². The largest absolute Gasteiger partial charge is 0.159 e. The van der Waals surface area contributed by atoms with E-state index in [1.54, 1.807) is 6.20 Å². The molecule has 0 aliphatic heterocycles. The molecule has 1 heterocycles. The lowest BCUT2D eigenvalue weighted by Crippen LogP contribution is -2.02. The first-order valence-corrected chi connectivity index (χ1v) is 4.44.